The van der Waals surface area contributed by atoms with Crippen molar-refractivity contribution in [3.05, 3.63) is 83.4 Å². The van der Waals surface area contributed by atoms with E-state index >= 15 is 0 Å². The van der Waals surface area contributed by atoms with Crippen LogP contribution in [-0.2, 0) is 6.42 Å². The maximum absolute atomic E-state index is 12.8. The lowest BCUT2D eigenvalue weighted by atomic mass is 10.1. The number of phenols is 1. The summed E-state index contributed by atoms with van der Waals surface area (Å²) in [6.45, 7) is 0.453. The molecule has 2 N–H and O–H groups in total. The predicted octanol–water partition coefficient (Wildman–Crippen LogP) is 4.11. The molecule has 0 atom stereocenters. The van der Waals surface area contributed by atoms with Gasteiger partial charge in [-0.05, 0) is 54.4 Å². The van der Waals surface area contributed by atoms with Crippen LogP contribution in [0.1, 0.15) is 26.3 Å². The van der Waals surface area contributed by atoms with E-state index in [-0.39, 0.29) is 17.6 Å². The van der Waals surface area contributed by atoms with Gasteiger partial charge in [0.05, 0.1) is 11.3 Å². The lowest BCUT2D eigenvalue weighted by Gasteiger charge is -2.18. The summed E-state index contributed by atoms with van der Waals surface area (Å²) in [5.74, 6) is -0.0698. The largest absolute Gasteiger partial charge is 0.508 e. The quantitative estimate of drug-likeness (QED) is 0.687. The summed E-state index contributed by atoms with van der Waals surface area (Å²) in [4.78, 5) is 28.9. The molecule has 0 saturated carbocycles. The van der Waals surface area contributed by atoms with E-state index < -0.39 is 0 Å². The first-order valence-corrected chi connectivity index (χ1v) is 10.1. The Hall–Kier alpha value is -3.25. The van der Waals surface area contributed by atoms with Crippen molar-refractivity contribution in [1.82, 2.24) is 5.32 Å². The molecule has 3 aromatic carbocycles. The summed E-state index contributed by atoms with van der Waals surface area (Å²) < 4.78 is 0. The van der Waals surface area contributed by atoms with E-state index in [1.807, 2.05) is 36.4 Å². The summed E-state index contributed by atoms with van der Waals surface area (Å²) in [7, 11) is 1.73. The fraction of sp³-hybridized carbons (Fsp3) is 0.130. The fourth-order valence-electron chi connectivity index (χ4n) is 3.28. The van der Waals surface area contributed by atoms with Crippen LogP contribution in [0, 0.1) is 0 Å². The van der Waals surface area contributed by atoms with Gasteiger partial charge in [0.25, 0.3) is 11.8 Å². The minimum absolute atomic E-state index is 0.0895. The number of hydrogen-bond acceptors (Lipinski definition) is 4. The number of aromatic hydroxyl groups is 1. The number of carbonyl (C=O) groups excluding carboxylic acids is 2. The molecule has 0 unspecified atom stereocenters. The lowest BCUT2D eigenvalue weighted by molar-refractivity contribution is 0.0951. The maximum atomic E-state index is 12.8. The van der Waals surface area contributed by atoms with E-state index in [4.69, 9.17) is 0 Å². The van der Waals surface area contributed by atoms with Crippen LogP contribution < -0.4 is 10.2 Å². The summed E-state index contributed by atoms with van der Waals surface area (Å²) in [5, 5.41) is 12.4. The van der Waals surface area contributed by atoms with Gasteiger partial charge in [0.2, 0.25) is 0 Å². The van der Waals surface area contributed by atoms with Crippen LogP contribution in [0.5, 0.6) is 5.75 Å². The van der Waals surface area contributed by atoms with E-state index in [2.05, 4.69) is 5.32 Å². The van der Waals surface area contributed by atoms with Crippen molar-refractivity contribution in [1.29, 1.82) is 0 Å². The molecule has 0 saturated heterocycles. The van der Waals surface area contributed by atoms with Gasteiger partial charge in [0.1, 0.15) is 5.75 Å². The second-order valence-electron chi connectivity index (χ2n) is 6.82. The molecule has 0 fully saturated rings. The zero-order valence-corrected chi connectivity index (χ0v) is 16.7. The van der Waals surface area contributed by atoms with Crippen LogP contribution in [0.3, 0.4) is 0 Å². The van der Waals surface area contributed by atoms with Crippen molar-refractivity contribution in [3.63, 3.8) is 0 Å². The molecule has 0 bridgehead atoms. The normalized spacial score (nSPS) is 12.7. The first-order valence-electron chi connectivity index (χ1n) is 9.28. The molecule has 0 radical (unpaired) electrons. The van der Waals surface area contributed by atoms with Gasteiger partial charge in [0.15, 0.2) is 0 Å². The Bertz CT molecular complexity index is 1100. The highest BCUT2D eigenvalue weighted by Gasteiger charge is 2.25. The van der Waals surface area contributed by atoms with Crippen LogP contribution in [-0.4, -0.2) is 30.5 Å². The second-order valence-corrected chi connectivity index (χ2v) is 7.90. The number of amides is 2. The van der Waals surface area contributed by atoms with Gasteiger partial charge in [-0.2, -0.15) is 0 Å². The summed E-state index contributed by atoms with van der Waals surface area (Å²) >= 11 is 1.53. The van der Waals surface area contributed by atoms with Gasteiger partial charge >= 0.3 is 0 Å². The van der Waals surface area contributed by atoms with Gasteiger partial charge in [-0.1, -0.05) is 36.0 Å². The number of benzene rings is 3. The van der Waals surface area contributed by atoms with Gasteiger partial charge in [-0.25, -0.2) is 0 Å². The molecule has 146 valence electrons. The third-order valence-corrected chi connectivity index (χ3v) is 5.98. The van der Waals surface area contributed by atoms with Crippen molar-refractivity contribution >= 4 is 29.3 Å². The van der Waals surface area contributed by atoms with Gasteiger partial charge in [-0.15, -0.1) is 0 Å². The third-order valence-electron chi connectivity index (χ3n) is 4.83. The number of phenolic OH excluding ortho intramolecular Hbond substituents is 1. The first-order chi connectivity index (χ1) is 14.0. The second kappa shape index (κ2) is 8.01. The van der Waals surface area contributed by atoms with Crippen LogP contribution in [0.25, 0.3) is 0 Å². The van der Waals surface area contributed by atoms with E-state index in [9.17, 15) is 14.7 Å². The van der Waals surface area contributed by atoms with Gasteiger partial charge in [0, 0.05) is 28.9 Å². The number of anilines is 1. The minimum atomic E-state index is -0.194. The SMILES string of the molecule is CN1C(=O)c2ccccc2Sc2ccc(C(=O)NCCc3cccc(O)c3)cc21. The molecular formula is C23H20N2O3S. The molecule has 2 amide bonds. The molecule has 1 aliphatic heterocycles. The number of hydrogen-bond donors (Lipinski definition) is 2. The molecule has 29 heavy (non-hydrogen) atoms. The van der Waals surface area contributed by atoms with Gasteiger partial charge in [-0.3, -0.25) is 9.59 Å². The van der Waals surface area contributed by atoms with E-state index in [1.54, 1.807) is 42.3 Å². The van der Waals surface area contributed by atoms with Crippen molar-refractivity contribution in [2.24, 2.45) is 0 Å². The van der Waals surface area contributed by atoms with Crippen molar-refractivity contribution in [2.45, 2.75) is 16.2 Å². The molecule has 0 spiro atoms. The zero-order valence-electron chi connectivity index (χ0n) is 15.9. The average molecular weight is 404 g/mol. The van der Waals surface area contributed by atoms with E-state index in [0.29, 0.717) is 24.1 Å². The molecule has 4 rings (SSSR count). The number of rotatable bonds is 4. The topological polar surface area (TPSA) is 69.6 Å². The molecule has 5 nitrogen and oxygen atoms in total. The van der Waals surface area contributed by atoms with Crippen LogP contribution in [0.15, 0.2) is 76.5 Å². The van der Waals surface area contributed by atoms with Crippen LogP contribution >= 0.6 is 11.8 Å². The number of nitrogens with one attached hydrogen (secondary N) is 1. The predicted molar refractivity (Wildman–Crippen MR) is 114 cm³/mol. The molecule has 1 heterocycles. The minimum Gasteiger partial charge on any atom is -0.508 e. The lowest BCUT2D eigenvalue weighted by Crippen LogP contribution is -2.28. The Morgan fingerprint density at radius 3 is 2.69 bits per heavy atom. The smallest absolute Gasteiger partial charge is 0.259 e. The summed E-state index contributed by atoms with van der Waals surface area (Å²) in [6, 6.07) is 19.9. The highest BCUT2D eigenvalue weighted by molar-refractivity contribution is 7.99. The van der Waals surface area contributed by atoms with Crippen LogP contribution in [0.2, 0.25) is 0 Å². The van der Waals surface area contributed by atoms with Crippen molar-refractivity contribution < 1.29 is 14.7 Å². The molecular weight excluding hydrogens is 384 g/mol. The summed E-state index contributed by atoms with van der Waals surface area (Å²) in [5.41, 5.74) is 2.84. The summed E-state index contributed by atoms with van der Waals surface area (Å²) in [6.07, 6.45) is 0.620. The fourth-order valence-corrected chi connectivity index (χ4v) is 4.37. The Kier molecular flexibility index (Phi) is 5.27. The molecule has 3 aromatic rings. The van der Waals surface area contributed by atoms with Crippen LogP contribution in [0.4, 0.5) is 5.69 Å². The number of carbonyl (C=O) groups is 2. The highest BCUT2D eigenvalue weighted by Crippen LogP contribution is 2.41. The molecule has 6 heteroatoms. The molecule has 0 aromatic heterocycles. The highest BCUT2D eigenvalue weighted by atomic mass is 32.2. The Balaban J connectivity index is 1.50. The Morgan fingerprint density at radius 1 is 1.03 bits per heavy atom. The standard InChI is InChI=1S/C23H20N2O3S/c1-25-19-14-16(22(27)24-12-11-15-5-4-6-17(26)13-15)9-10-21(19)29-20-8-3-2-7-18(20)23(25)28/h2-10,13-14,26H,11-12H2,1H3,(H,24,27). The third kappa shape index (κ3) is 3.98. The van der Waals surface area contributed by atoms with Gasteiger partial charge < -0.3 is 15.3 Å². The molecule has 0 aliphatic carbocycles. The van der Waals surface area contributed by atoms with Crippen molar-refractivity contribution in [2.75, 3.05) is 18.5 Å². The zero-order chi connectivity index (χ0) is 20.4. The first kappa shape index (κ1) is 19.1. The average Bonchev–Trinajstić information content (AvgIpc) is 2.83. The van der Waals surface area contributed by atoms with Crippen molar-refractivity contribution in [3.8, 4) is 5.75 Å². The Morgan fingerprint density at radius 2 is 1.86 bits per heavy atom. The molecule has 1 aliphatic rings. The number of nitrogens with zero attached hydrogens (tertiary/aromatic N) is 1. The monoisotopic (exact) mass is 404 g/mol. The van der Waals surface area contributed by atoms with E-state index in [0.717, 1.165) is 21.0 Å². The maximum Gasteiger partial charge on any atom is 0.259 e. The van der Waals surface area contributed by atoms with E-state index in [1.165, 1.54) is 11.8 Å². The number of fused-ring (bicyclic) bond motifs is 2. The Labute approximate surface area is 173 Å².